The number of pyridine rings is 1. The molecular formula is C18H24N4O2. The molecule has 6 heteroatoms. The Labute approximate surface area is 142 Å². The zero-order valence-electron chi connectivity index (χ0n) is 14.3. The van der Waals surface area contributed by atoms with Gasteiger partial charge in [0.2, 0.25) is 0 Å². The van der Waals surface area contributed by atoms with Crippen molar-refractivity contribution in [3.8, 4) is 0 Å². The lowest BCUT2D eigenvalue weighted by Gasteiger charge is -2.23. The number of nitro benzene ring substituents is 1. The molecule has 0 saturated carbocycles. The molecule has 0 N–H and O–H groups in total. The second kappa shape index (κ2) is 7.13. The van der Waals surface area contributed by atoms with Crippen LogP contribution in [0.3, 0.4) is 0 Å². The van der Waals surface area contributed by atoms with Crippen molar-refractivity contribution in [2.75, 3.05) is 37.6 Å². The van der Waals surface area contributed by atoms with E-state index in [4.69, 9.17) is 0 Å². The summed E-state index contributed by atoms with van der Waals surface area (Å²) >= 11 is 0. The zero-order chi connectivity index (χ0) is 17.1. The lowest BCUT2D eigenvalue weighted by atomic mass is 10.1. The third kappa shape index (κ3) is 3.19. The Morgan fingerprint density at radius 1 is 1.33 bits per heavy atom. The van der Waals surface area contributed by atoms with E-state index < -0.39 is 0 Å². The first-order valence-electron chi connectivity index (χ1n) is 8.63. The van der Waals surface area contributed by atoms with Crippen LogP contribution in [0.15, 0.2) is 30.5 Å². The van der Waals surface area contributed by atoms with Crippen molar-refractivity contribution in [3.05, 3.63) is 40.6 Å². The van der Waals surface area contributed by atoms with Gasteiger partial charge in [-0.15, -0.1) is 0 Å². The molecule has 1 fully saturated rings. The number of aromatic nitrogens is 1. The average Bonchev–Trinajstić information content (AvgIpc) is 3.06. The topological polar surface area (TPSA) is 62.5 Å². The Hall–Kier alpha value is -2.21. The summed E-state index contributed by atoms with van der Waals surface area (Å²) in [6, 6.07) is 7.00. The van der Waals surface area contributed by atoms with E-state index in [0.717, 1.165) is 50.3 Å². The maximum Gasteiger partial charge on any atom is 0.278 e. The average molecular weight is 328 g/mol. The van der Waals surface area contributed by atoms with Gasteiger partial charge in [0.1, 0.15) is 5.52 Å². The van der Waals surface area contributed by atoms with E-state index in [9.17, 15) is 10.1 Å². The minimum Gasteiger partial charge on any atom is -0.369 e. The molecule has 6 nitrogen and oxygen atoms in total. The van der Waals surface area contributed by atoms with Crippen LogP contribution >= 0.6 is 0 Å². The lowest BCUT2D eigenvalue weighted by molar-refractivity contribution is -0.383. The number of rotatable bonds is 6. The SMILES string of the molecule is CCN(CC)CC1CCN(c2ccc([N+](=O)[O-])c3cccnc23)C1. The number of nitro groups is 1. The molecule has 1 atom stereocenters. The van der Waals surface area contributed by atoms with E-state index in [2.05, 4.69) is 28.6 Å². The number of hydrogen-bond donors (Lipinski definition) is 0. The van der Waals surface area contributed by atoms with Gasteiger partial charge in [-0.1, -0.05) is 13.8 Å². The minimum absolute atomic E-state index is 0.126. The number of hydrogen-bond acceptors (Lipinski definition) is 5. The van der Waals surface area contributed by atoms with E-state index in [1.807, 2.05) is 6.07 Å². The van der Waals surface area contributed by atoms with Crippen LogP contribution in [0.2, 0.25) is 0 Å². The molecule has 0 amide bonds. The van der Waals surface area contributed by atoms with E-state index in [-0.39, 0.29) is 10.6 Å². The van der Waals surface area contributed by atoms with Gasteiger partial charge in [-0.25, -0.2) is 0 Å². The molecule has 1 unspecified atom stereocenters. The molecular weight excluding hydrogens is 304 g/mol. The summed E-state index contributed by atoms with van der Waals surface area (Å²) in [4.78, 5) is 20.1. The number of anilines is 1. The summed E-state index contributed by atoms with van der Waals surface area (Å²) < 4.78 is 0. The van der Waals surface area contributed by atoms with Crippen LogP contribution in [0.25, 0.3) is 10.9 Å². The molecule has 1 aliphatic heterocycles. The minimum atomic E-state index is -0.332. The predicted molar refractivity (Wildman–Crippen MR) is 96.5 cm³/mol. The molecule has 24 heavy (non-hydrogen) atoms. The highest BCUT2D eigenvalue weighted by Gasteiger charge is 2.26. The van der Waals surface area contributed by atoms with Crippen LogP contribution in [0, 0.1) is 16.0 Å². The fourth-order valence-electron chi connectivity index (χ4n) is 3.60. The second-order valence-electron chi connectivity index (χ2n) is 6.35. The van der Waals surface area contributed by atoms with Gasteiger partial charge in [-0.3, -0.25) is 15.1 Å². The smallest absolute Gasteiger partial charge is 0.278 e. The van der Waals surface area contributed by atoms with Gasteiger partial charge in [-0.05, 0) is 43.6 Å². The van der Waals surface area contributed by atoms with Crippen LogP contribution in [0.1, 0.15) is 20.3 Å². The molecule has 1 aromatic heterocycles. The summed E-state index contributed by atoms with van der Waals surface area (Å²) in [6.45, 7) is 9.63. The van der Waals surface area contributed by atoms with Gasteiger partial charge >= 0.3 is 0 Å². The molecule has 0 radical (unpaired) electrons. The summed E-state index contributed by atoms with van der Waals surface area (Å²) in [5, 5.41) is 11.9. The van der Waals surface area contributed by atoms with Crippen molar-refractivity contribution in [1.82, 2.24) is 9.88 Å². The van der Waals surface area contributed by atoms with Gasteiger partial charge in [-0.2, -0.15) is 0 Å². The molecule has 1 aromatic carbocycles. The monoisotopic (exact) mass is 328 g/mol. The standard InChI is InChI=1S/C18H24N4O2/c1-3-20(4-2)12-14-9-11-21(13-14)17-8-7-16(22(23)24)15-6-5-10-19-18(15)17/h5-8,10,14H,3-4,9,11-13H2,1-2H3. The Kier molecular flexibility index (Phi) is 4.94. The molecule has 1 aliphatic rings. The Morgan fingerprint density at radius 3 is 2.83 bits per heavy atom. The third-order valence-electron chi connectivity index (χ3n) is 4.96. The van der Waals surface area contributed by atoms with Gasteiger partial charge in [0.05, 0.1) is 16.0 Å². The Bertz CT molecular complexity index is 730. The zero-order valence-corrected chi connectivity index (χ0v) is 14.3. The molecule has 3 rings (SSSR count). The van der Waals surface area contributed by atoms with Crippen LogP contribution in [0.4, 0.5) is 11.4 Å². The van der Waals surface area contributed by atoms with Crippen molar-refractivity contribution in [1.29, 1.82) is 0 Å². The van der Waals surface area contributed by atoms with Crippen LogP contribution in [0.5, 0.6) is 0 Å². The first kappa shape index (κ1) is 16.6. The Balaban J connectivity index is 1.86. The summed E-state index contributed by atoms with van der Waals surface area (Å²) in [6.07, 6.45) is 2.86. The molecule has 1 saturated heterocycles. The molecule has 128 valence electrons. The lowest BCUT2D eigenvalue weighted by Crippen LogP contribution is -2.31. The Morgan fingerprint density at radius 2 is 2.12 bits per heavy atom. The highest BCUT2D eigenvalue weighted by atomic mass is 16.6. The van der Waals surface area contributed by atoms with Crippen molar-refractivity contribution < 1.29 is 4.92 Å². The number of benzene rings is 1. The normalized spacial score (nSPS) is 17.8. The van der Waals surface area contributed by atoms with Gasteiger partial charge in [0, 0.05) is 31.9 Å². The summed E-state index contributed by atoms with van der Waals surface area (Å²) in [7, 11) is 0. The third-order valence-corrected chi connectivity index (χ3v) is 4.96. The van der Waals surface area contributed by atoms with Gasteiger partial charge in [0.25, 0.3) is 5.69 Å². The maximum absolute atomic E-state index is 11.2. The number of nitrogens with zero attached hydrogens (tertiary/aromatic N) is 4. The maximum atomic E-state index is 11.2. The van der Waals surface area contributed by atoms with E-state index in [0.29, 0.717) is 11.3 Å². The quantitative estimate of drug-likeness (QED) is 0.601. The van der Waals surface area contributed by atoms with Crippen molar-refractivity contribution >= 4 is 22.3 Å². The molecule has 0 bridgehead atoms. The fraction of sp³-hybridized carbons (Fsp3) is 0.500. The van der Waals surface area contributed by atoms with Crippen molar-refractivity contribution in [3.63, 3.8) is 0 Å². The van der Waals surface area contributed by atoms with Crippen molar-refractivity contribution in [2.24, 2.45) is 5.92 Å². The van der Waals surface area contributed by atoms with E-state index in [1.165, 1.54) is 0 Å². The predicted octanol–water partition coefficient (Wildman–Crippen LogP) is 3.31. The first-order valence-corrected chi connectivity index (χ1v) is 8.63. The molecule has 2 aromatic rings. The van der Waals surface area contributed by atoms with Crippen molar-refractivity contribution in [2.45, 2.75) is 20.3 Å². The van der Waals surface area contributed by atoms with Gasteiger partial charge in [0.15, 0.2) is 0 Å². The van der Waals surface area contributed by atoms with E-state index >= 15 is 0 Å². The first-order chi connectivity index (χ1) is 11.6. The number of fused-ring (bicyclic) bond motifs is 1. The van der Waals surface area contributed by atoms with E-state index in [1.54, 1.807) is 24.4 Å². The molecule has 0 spiro atoms. The van der Waals surface area contributed by atoms with Crippen LogP contribution in [-0.2, 0) is 0 Å². The summed E-state index contributed by atoms with van der Waals surface area (Å²) in [5.41, 5.74) is 1.87. The summed E-state index contributed by atoms with van der Waals surface area (Å²) in [5.74, 6) is 0.638. The number of non-ortho nitro benzene ring substituents is 1. The second-order valence-corrected chi connectivity index (χ2v) is 6.35. The largest absolute Gasteiger partial charge is 0.369 e. The highest BCUT2D eigenvalue weighted by Crippen LogP contribution is 2.34. The highest BCUT2D eigenvalue weighted by molar-refractivity contribution is 5.97. The van der Waals surface area contributed by atoms with Crippen LogP contribution in [-0.4, -0.2) is 47.5 Å². The molecule has 2 heterocycles. The van der Waals surface area contributed by atoms with Crippen LogP contribution < -0.4 is 4.90 Å². The van der Waals surface area contributed by atoms with Gasteiger partial charge < -0.3 is 9.80 Å². The fourth-order valence-corrected chi connectivity index (χ4v) is 3.60. The molecule has 0 aliphatic carbocycles.